The number of hydrogen-bond donors (Lipinski definition) is 0. The van der Waals surface area contributed by atoms with Gasteiger partial charge in [0, 0.05) is 30.8 Å². The molecule has 1 aromatic rings. The molecule has 0 unspecified atom stereocenters. The summed E-state index contributed by atoms with van der Waals surface area (Å²) in [7, 11) is 0. The predicted octanol–water partition coefficient (Wildman–Crippen LogP) is 3.57. The standard InChI is InChI=1S/C18H26N2O5/c1-3-5-6-7-13-19(14-12-17(21)25-4-2)18(22)15-8-10-16(11-9-15)20(23)24/h8-11H,3-7,12-14H2,1-2H3. The van der Waals surface area contributed by atoms with E-state index in [9.17, 15) is 19.7 Å². The van der Waals surface area contributed by atoms with Gasteiger partial charge in [0.1, 0.15) is 0 Å². The van der Waals surface area contributed by atoms with Crippen molar-refractivity contribution in [3.05, 3.63) is 39.9 Å². The number of carbonyl (C=O) groups excluding carboxylic acids is 2. The number of carbonyl (C=O) groups is 2. The number of non-ortho nitro benzene ring substituents is 1. The Morgan fingerprint density at radius 3 is 2.32 bits per heavy atom. The molecule has 0 atom stereocenters. The Morgan fingerprint density at radius 1 is 1.08 bits per heavy atom. The minimum atomic E-state index is -0.502. The minimum absolute atomic E-state index is 0.0578. The molecule has 0 aliphatic carbocycles. The Balaban J connectivity index is 2.75. The zero-order chi connectivity index (χ0) is 18.7. The van der Waals surface area contributed by atoms with Gasteiger partial charge in [-0.25, -0.2) is 0 Å². The Morgan fingerprint density at radius 2 is 1.76 bits per heavy atom. The van der Waals surface area contributed by atoms with E-state index in [0.29, 0.717) is 18.7 Å². The number of esters is 1. The normalized spacial score (nSPS) is 10.3. The molecule has 0 bridgehead atoms. The molecule has 0 heterocycles. The van der Waals surface area contributed by atoms with Crippen molar-refractivity contribution in [1.82, 2.24) is 4.90 Å². The second-order valence-corrected chi connectivity index (χ2v) is 5.71. The molecule has 7 nitrogen and oxygen atoms in total. The summed E-state index contributed by atoms with van der Waals surface area (Å²) in [6, 6.07) is 5.52. The first-order chi connectivity index (χ1) is 12.0. The van der Waals surface area contributed by atoms with Crippen molar-refractivity contribution < 1.29 is 19.2 Å². The average molecular weight is 350 g/mol. The van der Waals surface area contributed by atoms with E-state index in [2.05, 4.69) is 6.92 Å². The molecule has 1 rings (SSSR count). The molecule has 0 aromatic heterocycles. The Hall–Kier alpha value is -2.44. The molecular formula is C18H26N2O5. The fourth-order valence-corrected chi connectivity index (χ4v) is 2.41. The van der Waals surface area contributed by atoms with E-state index in [4.69, 9.17) is 4.74 Å². The quantitative estimate of drug-likeness (QED) is 0.263. The van der Waals surface area contributed by atoms with Crippen molar-refractivity contribution in [3.63, 3.8) is 0 Å². The summed E-state index contributed by atoms with van der Waals surface area (Å²) < 4.78 is 4.91. The highest BCUT2D eigenvalue weighted by atomic mass is 16.6. The largest absolute Gasteiger partial charge is 0.466 e. The lowest BCUT2D eigenvalue weighted by Gasteiger charge is -2.22. The average Bonchev–Trinajstić information content (AvgIpc) is 2.61. The van der Waals surface area contributed by atoms with Crippen LogP contribution in [-0.2, 0) is 9.53 Å². The molecule has 0 fully saturated rings. The van der Waals surface area contributed by atoms with Gasteiger partial charge in [0.25, 0.3) is 11.6 Å². The van der Waals surface area contributed by atoms with Crippen molar-refractivity contribution in [2.75, 3.05) is 19.7 Å². The first-order valence-corrected chi connectivity index (χ1v) is 8.68. The third kappa shape index (κ3) is 7.32. The van der Waals surface area contributed by atoms with E-state index in [1.165, 1.54) is 24.3 Å². The van der Waals surface area contributed by atoms with Crippen LogP contribution in [0.25, 0.3) is 0 Å². The number of benzene rings is 1. The molecule has 1 aromatic carbocycles. The zero-order valence-electron chi connectivity index (χ0n) is 14.9. The van der Waals surface area contributed by atoms with E-state index >= 15 is 0 Å². The van der Waals surface area contributed by atoms with Crippen LogP contribution in [0.5, 0.6) is 0 Å². The summed E-state index contributed by atoms with van der Waals surface area (Å²) >= 11 is 0. The lowest BCUT2D eigenvalue weighted by Crippen LogP contribution is -2.34. The first kappa shape index (κ1) is 20.6. The van der Waals surface area contributed by atoms with Crippen LogP contribution in [0.1, 0.15) is 56.3 Å². The number of rotatable bonds is 11. The highest BCUT2D eigenvalue weighted by Gasteiger charge is 2.18. The van der Waals surface area contributed by atoms with Gasteiger partial charge < -0.3 is 9.64 Å². The smallest absolute Gasteiger partial charge is 0.307 e. The third-order valence-electron chi connectivity index (χ3n) is 3.79. The van der Waals surface area contributed by atoms with Gasteiger partial charge in [-0.15, -0.1) is 0 Å². The molecule has 0 saturated carbocycles. The fourth-order valence-electron chi connectivity index (χ4n) is 2.41. The summed E-state index contributed by atoms with van der Waals surface area (Å²) in [5.74, 6) is -0.562. The van der Waals surface area contributed by atoms with Crippen molar-refractivity contribution in [3.8, 4) is 0 Å². The summed E-state index contributed by atoms with van der Waals surface area (Å²) in [4.78, 5) is 36.1. The van der Waals surface area contributed by atoms with E-state index < -0.39 is 4.92 Å². The van der Waals surface area contributed by atoms with Crippen LogP contribution in [0.3, 0.4) is 0 Å². The number of hydrogen-bond acceptors (Lipinski definition) is 5. The molecule has 0 aliphatic rings. The van der Waals surface area contributed by atoms with Gasteiger partial charge >= 0.3 is 5.97 Å². The summed E-state index contributed by atoms with van der Waals surface area (Å²) in [5, 5.41) is 10.7. The van der Waals surface area contributed by atoms with E-state index in [-0.39, 0.29) is 30.5 Å². The number of unbranched alkanes of at least 4 members (excludes halogenated alkanes) is 3. The zero-order valence-corrected chi connectivity index (χ0v) is 14.9. The van der Waals surface area contributed by atoms with Gasteiger partial charge in [-0.3, -0.25) is 19.7 Å². The molecule has 1 amide bonds. The van der Waals surface area contributed by atoms with Crippen LogP contribution in [0.2, 0.25) is 0 Å². The van der Waals surface area contributed by atoms with Crippen molar-refractivity contribution in [2.24, 2.45) is 0 Å². The fraction of sp³-hybridized carbons (Fsp3) is 0.556. The monoisotopic (exact) mass is 350 g/mol. The van der Waals surface area contributed by atoms with Crippen LogP contribution >= 0.6 is 0 Å². The van der Waals surface area contributed by atoms with Gasteiger partial charge in [-0.2, -0.15) is 0 Å². The van der Waals surface area contributed by atoms with Gasteiger partial charge in [0.2, 0.25) is 0 Å². The predicted molar refractivity (Wildman–Crippen MR) is 94.4 cm³/mol. The van der Waals surface area contributed by atoms with Crippen molar-refractivity contribution >= 4 is 17.6 Å². The number of ether oxygens (including phenoxy) is 1. The van der Waals surface area contributed by atoms with Crippen molar-refractivity contribution in [2.45, 2.75) is 46.0 Å². The molecule has 0 spiro atoms. The van der Waals surface area contributed by atoms with Gasteiger partial charge in [-0.05, 0) is 25.5 Å². The maximum absolute atomic E-state index is 12.7. The summed E-state index contributed by atoms with van der Waals surface area (Å²) in [6.45, 7) is 4.99. The highest BCUT2D eigenvalue weighted by molar-refractivity contribution is 5.94. The van der Waals surface area contributed by atoms with Crippen LogP contribution in [0.15, 0.2) is 24.3 Å². The van der Waals surface area contributed by atoms with Crippen LogP contribution in [-0.4, -0.2) is 41.4 Å². The van der Waals surface area contributed by atoms with Gasteiger partial charge in [0.05, 0.1) is 18.0 Å². The molecule has 0 N–H and O–H groups in total. The molecule has 0 radical (unpaired) electrons. The molecule has 0 aliphatic heterocycles. The molecule has 7 heteroatoms. The second kappa shape index (κ2) is 11.2. The number of nitro groups is 1. The van der Waals surface area contributed by atoms with E-state index in [0.717, 1.165) is 25.7 Å². The minimum Gasteiger partial charge on any atom is -0.466 e. The van der Waals surface area contributed by atoms with Crippen LogP contribution < -0.4 is 0 Å². The van der Waals surface area contributed by atoms with E-state index in [1.807, 2.05) is 0 Å². The van der Waals surface area contributed by atoms with Gasteiger partial charge in [0.15, 0.2) is 0 Å². The Bertz CT molecular complexity index is 571. The molecule has 0 saturated heterocycles. The summed E-state index contributed by atoms with van der Waals surface area (Å²) in [5.41, 5.74) is 0.322. The van der Waals surface area contributed by atoms with Crippen molar-refractivity contribution in [1.29, 1.82) is 0 Å². The summed E-state index contributed by atoms with van der Waals surface area (Å²) in [6.07, 6.45) is 4.20. The molecular weight excluding hydrogens is 324 g/mol. The third-order valence-corrected chi connectivity index (χ3v) is 3.79. The highest BCUT2D eigenvalue weighted by Crippen LogP contribution is 2.14. The molecule has 25 heavy (non-hydrogen) atoms. The van der Waals surface area contributed by atoms with E-state index in [1.54, 1.807) is 11.8 Å². The van der Waals surface area contributed by atoms with Crippen LogP contribution in [0.4, 0.5) is 5.69 Å². The van der Waals surface area contributed by atoms with Gasteiger partial charge in [-0.1, -0.05) is 26.2 Å². The first-order valence-electron chi connectivity index (χ1n) is 8.68. The number of amides is 1. The number of nitro benzene ring substituents is 1. The molecule has 138 valence electrons. The lowest BCUT2D eigenvalue weighted by atomic mass is 10.1. The number of nitrogens with zero attached hydrogens (tertiary/aromatic N) is 2. The maximum Gasteiger partial charge on any atom is 0.307 e. The Kier molecular flexibility index (Phi) is 9.21. The lowest BCUT2D eigenvalue weighted by molar-refractivity contribution is -0.384. The second-order valence-electron chi connectivity index (χ2n) is 5.71. The SMILES string of the molecule is CCCCCCN(CCC(=O)OCC)C(=O)c1ccc([N+](=O)[O-])cc1. The Labute approximate surface area is 148 Å². The topological polar surface area (TPSA) is 89.8 Å². The van der Waals surface area contributed by atoms with Crippen LogP contribution in [0, 0.1) is 10.1 Å². The maximum atomic E-state index is 12.7.